The predicted molar refractivity (Wildman–Crippen MR) is 136 cm³/mol. The van der Waals surface area contributed by atoms with Crippen molar-refractivity contribution in [2.75, 3.05) is 43.0 Å². The summed E-state index contributed by atoms with van der Waals surface area (Å²) in [7, 11) is -2.88. The van der Waals surface area contributed by atoms with Crippen LogP contribution in [0.5, 0.6) is 0 Å². The first kappa shape index (κ1) is 25.3. The number of rotatable bonds is 5. The maximum atomic E-state index is 13.6. The summed E-state index contributed by atoms with van der Waals surface area (Å²) in [6.07, 6.45) is 1.01. The van der Waals surface area contributed by atoms with Gasteiger partial charge < -0.3 is 35.1 Å². The van der Waals surface area contributed by atoms with Crippen LogP contribution in [-0.2, 0) is 24.7 Å². The van der Waals surface area contributed by atoms with Gasteiger partial charge in [-0.1, -0.05) is 6.92 Å². The Kier molecular flexibility index (Phi) is 6.48. The molecule has 1 spiro atoms. The summed E-state index contributed by atoms with van der Waals surface area (Å²) < 4.78 is 6.61. The Hall–Kier alpha value is -2.31. The first-order valence-corrected chi connectivity index (χ1v) is 15.9. The molecule has 4 heterocycles. The van der Waals surface area contributed by atoms with Crippen molar-refractivity contribution in [1.82, 2.24) is 10.2 Å². The molecule has 1 aromatic rings. The van der Waals surface area contributed by atoms with Crippen molar-refractivity contribution in [3.05, 3.63) is 23.8 Å². The molecule has 3 amide bonds. The van der Waals surface area contributed by atoms with E-state index in [2.05, 4.69) is 10.6 Å². The number of benzene rings is 1. The Bertz CT molecular complexity index is 1080. The number of ether oxygens (including phenoxy) is 1. The monoisotopic (exact) mass is 516 g/mol. The standard InChI is InChI=1S/C25H36N4O6Si/c1-15-23(36(2,3)34)20(12-21(31)28-9-4-5-17(28)14-30)35-25(15)18-11-16(6-7-19(18)27-24(25)33)29-10-8-26-13-22(29)32/h6-7,11,15,17,20,23,26,30,34H,4-5,8-10,12-14H2,1-3H3,(H,27,33)/t15-,17-,20+,23-,25+/m0/s1. The first-order valence-electron chi connectivity index (χ1n) is 12.9. The summed E-state index contributed by atoms with van der Waals surface area (Å²) in [5, 5.41) is 15.7. The third-order valence-corrected chi connectivity index (χ3v) is 10.9. The molecule has 3 fully saturated rings. The van der Waals surface area contributed by atoms with Crippen LogP contribution in [0.4, 0.5) is 11.4 Å². The minimum atomic E-state index is -2.88. The number of carbonyl (C=O) groups is 3. The number of hydrogen-bond acceptors (Lipinski definition) is 7. The maximum Gasteiger partial charge on any atom is 0.261 e. The van der Waals surface area contributed by atoms with E-state index in [4.69, 9.17) is 4.74 Å². The van der Waals surface area contributed by atoms with Crippen LogP contribution in [0.3, 0.4) is 0 Å². The van der Waals surface area contributed by atoms with Gasteiger partial charge in [-0.25, -0.2) is 0 Å². The minimum Gasteiger partial charge on any atom is -0.432 e. The van der Waals surface area contributed by atoms with Crippen LogP contribution < -0.4 is 15.5 Å². The number of fused-ring (bicyclic) bond motifs is 2. The highest BCUT2D eigenvalue weighted by Crippen LogP contribution is 2.58. The highest BCUT2D eigenvalue weighted by molar-refractivity contribution is 6.71. The molecule has 5 rings (SSSR count). The van der Waals surface area contributed by atoms with Gasteiger partial charge in [0.2, 0.25) is 11.8 Å². The number of carbonyl (C=O) groups excluding carboxylic acids is 3. The lowest BCUT2D eigenvalue weighted by Gasteiger charge is -2.33. The molecule has 4 N–H and O–H groups in total. The van der Waals surface area contributed by atoms with E-state index in [1.165, 1.54) is 0 Å². The van der Waals surface area contributed by atoms with Crippen molar-refractivity contribution < 1.29 is 29.0 Å². The van der Waals surface area contributed by atoms with Gasteiger partial charge in [0.1, 0.15) is 0 Å². The van der Waals surface area contributed by atoms with Gasteiger partial charge >= 0.3 is 0 Å². The Morgan fingerprint density at radius 2 is 2.06 bits per heavy atom. The van der Waals surface area contributed by atoms with E-state index in [9.17, 15) is 24.3 Å². The molecule has 196 valence electrons. The van der Waals surface area contributed by atoms with Crippen molar-refractivity contribution in [1.29, 1.82) is 0 Å². The van der Waals surface area contributed by atoms with Gasteiger partial charge in [-0.15, -0.1) is 0 Å². The van der Waals surface area contributed by atoms with E-state index >= 15 is 0 Å². The second kappa shape index (κ2) is 9.21. The van der Waals surface area contributed by atoms with E-state index in [1.807, 2.05) is 32.2 Å². The van der Waals surface area contributed by atoms with Crippen LogP contribution in [0.15, 0.2) is 18.2 Å². The van der Waals surface area contributed by atoms with Crippen LogP contribution >= 0.6 is 0 Å². The van der Waals surface area contributed by atoms with Crippen LogP contribution in [0, 0.1) is 5.92 Å². The number of amides is 3. The van der Waals surface area contributed by atoms with Gasteiger partial charge in [0.15, 0.2) is 13.9 Å². The van der Waals surface area contributed by atoms with Crippen molar-refractivity contribution >= 4 is 37.4 Å². The van der Waals surface area contributed by atoms with Gasteiger partial charge in [-0.05, 0) is 44.1 Å². The molecule has 0 radical (unpaired) electrons. The highest BCUT2D eigenvalue weighted by Gasteiger charge is 2.65. The van der Waals surface area contributed by atoms with Gasteiger partial charge in [0.25, 0.3) is 5.91 Å². The number of piperazine rings is 1. The number of nitrogens with one attached hydrogen (secondary N) is 2. The molecule has 0 saturated carbocycles. The maximum absolute atomic E-state index is 13.6. The van der Waals surface area contributed by atoms with Gasteiger partial charge in [0, 0.05) is 48.0 Å². The molecule has 0 bridgehead atoms. The Labute approximate surface area is 212 Å². The summed E-state index contributed by atoms with van der Waals surface area (Å²) in [6.45, 7) is 7.55. The van der Waals surface area contributed by atoms with E-state index in [0.29, 0.717) is 36.6 Å². The number of anilines is 2. The van der Waals surface area contributed by atoms with Crippen molar-refractivity contribution in [3.63, 3.8) is 0 Å². The molecule has 0 unspecified atom stereocenters. The fourth-order valence-electron chi connectivity index (χ4n) is 6.78. The zero-order valence-corrected chi connectivity index (χ0v) is 22.1. The number of aliphatic hydroxyl groups excluding tert-OH is 1. The van der Waals surface area contributed by atoms with Crippen LogP contribution in [0.2, 0.25) is 18.6 Å². The lowest BCUT2D eigenvalue weighted by atomic mass is 9.82. The summed E-state index contributed by atoms with van der Waals surface area (Å²) >= 11 is 0. The smallest absolute Gasteiger partial charge is 0.261 e. The van der Waals surface area contributed by atoms with Crippen LogP contribution in [0.1, 0.15) is 31.7 Å². The molecule has 0 aromatic heterocycles. The fourth-order valence-corrected chi connectivity index (χ4v) is 9.33. The van der Waals surface area contributed by atoms with E-state index in [1.54, 1.807) is 15.9 Å². The molecule has 10 nitrogen and oxygen atoms in total. The molecule has 5 atom stereocenters. The van der Waals surface area contributed by atoms with E-state index < -0.39 is 20.0 Å². The third kappa shape index (κ3) is 3.97. The summed E-state index contributed by atoms with van der Waals surface area (Å²) in [5.74, 6) is -0.851. The normalized spacial score (nSPS) is 32.4. The topological polar surface area (TPSA) is 131 Å². The molecule has 11 heteroatoms. The van der Waals surface area contributed by atoms with Gasteiger partial charge in [0.05, 0.1) is 31.7 Å². The van der Waals surface area contributed by atoms with Crippen LogP contribution in [0.25, 0.3) is 0 Å². The lowest BCUT2D eigenvalue weighted by molar-refractivity contribution is -0.148. The Morgan fingerprint density at radius 1 is 1.28 bits per heavy atom. The van der Waals surface area contributed by atoms with Crippen molar-refractivity contribution in [3.8, 4) is 0 Å². The number of nitrogens with zero attached hydrogens (tertiary/aromatic N) is 2. The number of aliphatic hydroxyl groups is 1. The molecule has 1 aromatic carbocycles. The summed E-state index contributed by atoms with van der Waals surface area (Å²) in [5.41, 5.74) is 0.258. The van der Waals surface area contributed by atoms with Crippen LogP contribution in [-0.4, -0.2) is 85.8 Å². The Morgan fingerprint density at radius 3 is 2.75 bits per heavy atom. The molecule has 4 aliphatic heterocycles. The van der Waals surface area contributed by atoms with E-state index in [-0.39, 0.29) is 54.8 Å². The highest BCUT2D eigenvalue weighted by atomic mass is 28.4. The summed E-state index contributed by atoms with van der Waals surface area (Å²) in [6, 6.07) is 5.28. The minimum absolute atomic E-state index is 0.0396. The lowest BCUT2D eigenvalue weighted by Crippen LogP contribution is -2.48. The zero-order valence-electron chi connectivity index (χ0n) is 21.1. The quantitative estimate of drug-likeness (QED) is 0.425. The predicted octanol–water partition coefficient (Wildman–Crippen LogP) is 0.746. The number of likely N-dealkylation sites (tertiary alicyclic amines) is 1. The average Bonchev–Trinajstić information content (AvgIpc) is 3.49. The van der Waals surface area contributed by atoms with Crippen molar-refractivity contribution in [2.45, 2.75) is 62.6 Å². The second-order valence-electron chi connectivity index (χ2n) is 11.0. The van der Waals surface area contributed by atoms with Crippen molar-refractivity contribution in [2.24, 2.45) is 5.92 Å². The third-order valence-electron chi connectivity index (χ3n) is 8.41. The van der Waals surface area contributed by atoms with Gasteiger partial charge in [-0.3, -0.25) is 14.4 Å². The largest absolute Gasteiger partial charge is 0.432 e. The van der Waals surface area contributed by atoms with E-state index in [0.717, 1.165) is 12.8 Å². The molecular formula is C25H36N4O6Si. The van der Waals surface area contributed by atoms with Gasteiger partial charge in [-0.2, -0.15) is 0 Å². The first-order chi connectivity index (χ1) is 17.1. The Balaban J connectivity index is 1.50. The SMILES string of the molecule is C[C@H]1[C@H]([Si](C)(C)O)[C@@H](CC(=O)N2CCC[C@H]2CO)O[C@]12C(=O)Nc1ccc(N3CCNCC3=O)cc12. The molecule has 3 saturated heterocycles. The number of hydrogen-bond donors (Lipinski definition) is 4. The molecule has 0 aliphatic carbocycles. The molecule has 4 aliphatic rings. The second-order valence-corrected chi connectivity index (χ2v) is 15.0. The fraction of sp³-hybridized carbons (Fsp3) is 0.640. The zero-order chi connectivity index (χ0) is 25.8. The molecular weight excluding hydrogens is 480 g/mol. The molecule has 36 heavy (non-hydrogen) atoms. The summed E-state index contributed by atoms with van der Waals surface area (Å²) in [4.78, 5) is 54.1. The average molecular weight is 517 g/mol.